The molecule has 6 nitrogen and oxygen atoms in total. The van der Waals surface area contributed by atoms with Gasteiger partial charge in [-0.05, 0) is 44.0 Å². The third-order valence-electron chi connectivity index (χ3n) is 2.23. The molecule has 0 saturated heterocycles. The second-order valence-electron chi connectivity index (χ2n) is 4.04. The molecule has 0 aliphatic rings. The molecule has 17 heavy (non-hydrogen) atoms. The molecule has 0 bridgehead atoms. The zero-order valence-electron chi connectivity index (χ0n) is 10.9. The van der Waals surface area contributed by atoms with Gasteiger partial charge in [0, 0.05) is 12.3 Å². The monoisotopic (exact) mass is 258 g/mol. The average Bonchev–Trinajstić information content (AvgIpc) is 2.72. The first-order valence-corrected chi connectivity index (χ1v) is 6.97. The van der Waals surface area contributed by atoms with E-state index < -0.39 is 0 Å². The van der Waals surface area contributed by atoms with E-state index in [1.807, 2.05) is 4.68 Å². The molecule has 1 aromatic heterocycles. The van der Waals surface area contributed by atoms with Crippen molar-refractivity contribution in [1.82, 2.24) is 30.4 Å². The second kappa shape index (κ2) is 8.43. The van der Waals surface area contributed by atoms with E-state index in [1.165, 1.54) is 0 Å². The first-order chi connectivity index (χ1) is 8.24. The molecule has 0 unspecified atom stereocenters. The molecule has 1 N–H and O–H groups in total. The summed E-state index contributed by atoms with van der Waals surface area (Å²) in [4.78, 5) is 2.19. The Labute approximate surface area is 107 Å². The van der Waals surface area contributed by atoms with Crippen LogP contribution in [0.4, 0.5) is 0 Å². The lowest BCUT2D eigenvalue weighted by molar-refractivity contribution is 0.410. The fourth-order valence-corrected chi connectivity index (χ4v) is 2.17. The van der Waals surface area contributed by atoms with Gasteiger partial charge in [-0.1, -0.05) is 18.7 Å². The van der Waals surface area contributed by atoms with Crippen LogP contribution in [0.1, 0.15) is 13.3 Å². The van der Waals surface area contributed by atoms with E-state index in [9.17, 15) is 0 Å². The molecule has 0 aromatic carbocycles. The fraction of sp³-hybridized carbons (Fsp3) is 0.900. The highest BCUT2D eigenvalue weighted by Crippen LogP contribution is 2.14. The first-order valence-electron chi connectivity index (χ1n) is 5.98. The molecule has 98 valence electrons. The number of nitrogens with one attached hydrogen (secondary N) is 1. The maximum Gasteiger partial charge on any atom is 0.209 e. The van der Waals surface area contributed by atoms with Crippen LogP contribution in [-0.4, -0.2) is 64.6 Å². The molecule has 1 rings (SSSR count). The third kappa shape index (κ3) is 5.99. The Morgan fingerprint density at radius 2 is 2.24 bits per heavy atom. The molecule has 0 aliphatic carbocycles. The van der Waals surface area contributed by atoms with Crippen molar-refractivity contribution in [3.8, 4) is 0 Å². The molecule has 0 radical (unpaired) electrons. The Balaban J connectivity index is 2.25. The molecule has 0 spiro atoms. The highest BCUT2D eigenvalue weighted by molar-refractivity contribution is 7.99. The zero-order valence-corrected chi connectivity index (χ0v) is 11.7. The maximum absolute atomic E-state index is 4.04. The molecule has 0 amide bonds. The van der Waals surface area contributed by atoms with Crippen LogP contribution in [0.2, 0.25) is 0 Å². The summed E-state index contributed by atoms with van der Waals surface area (Å²) in [5, 5.41) is 15.9. The van der Waals surface area contributed by atoms with Gasteiger partial charge in [-0.15, -0.1) is 5.10 Å². The van der Waals surface area contributed by atoms with Crippen LogP contribution in [-0.2, 0) is 6.54 Å². The summed E-state index contributed by atoms with van der Waals surface area (Å²) in [6, 6.07) is 0. The third-order valence-corrected chi connectivity index (χ3v) is 3.27. The summed E-state index contributed by atoms with van der Waals surface area (Å²) < 4.78 is 1.86. The number of tetrazole rings is 1. The Hall–Kier alpha value is -0.660. The number of rotatable bonds is 9. The van der Waals surface area contributed by atoms with Gasteiger partial charge in [0.1, 0.15) is 0 Å². The molecule has 0 saturated carbocycles. The molecule has 7 heteroatoms. The average molecular weight is 258 g/mol. The van der Waals surface area contributed by atoms with Crippen molar-refractivity contribution >= 4 is 11.8 Å². The van der Waals surface area contributed by atoms with E-state index in [4.69, 9.17) is 0 Å². The fourth-order valence-electron chi connectivity index (χ4n) is 1.35. The number of aromatic nitrogens is 4. The molecule has 0 fully saturated rings. The van der Waals surface area contributed by atoms with Gasteiger partial charge in [0.25, 0.3) is 0 Å². The molecule has 0 aliphatic heterocycles. The van der Waals surface area contributed by atoms with Gasteiger partial charge in [0.05, 0.1) is 6.54 Å². The largest absolute Gasteiger partial charge is 0.315 e. The molecule has 0 atom stereocenters. The topological polar surface area (TPSA) is 58.9 Å². The molecular formula is C10H22N6S. The van der Waals surface area contributed by atoms with Crippen LogP contribution < -0.4 is 5.32 Å². The number of thioether (sulfide) groups is 1. The lowest BCUT2D eigenvalue weighted by Crippen LogP contribution is -2.20. The van der Waals surface area contributed by atoms with Gasteiger partial charge in [0.2, 0.25) is 5.16 Å². The van der Waals surface area contributed by atoms with Crippen molar-refractivity contribution in [2.75, 3.05) is 39.5 Å². The zero-order chi connectivity index (χ0) is 12.5. The van der Waals surface area contributed by atoms with Crippen LogP contribution >= 0.6 is 11.8 Å². The van der Waals surface area contributed by atoms with Crippen LogP contribution in [0.5, 0.6) is 0 Å². The van der Waals surface area contributed by atoms with Crippen LogP contribution in [0.25, 0.3) is 0 Å². The number of hydrogen-bond acceptors (Lipinski definition) is 6. The van der Waals surface area contributed by atoms with Gasteiger partial charge < -0.3 is 10.2 Å². The normalized spacial score (nSPS) is 11.3. The van der Waals surface area contributed by atoms with Gasteiger partial charge in [0.15, 0.2) is 0 Å². The molecular weight excluding hydrogens is 236 g/mol. The minimum absolute atomic E-state index is 0.830. The van der Waals surface area contributed by atoms with Gasteiger partial charge in [-0.25, -0.2) is 4.68 Å². The lowest BCUT2D eigenvalue weighted by Gasteiger charge is -2.08. The summed E-state index contributed by atoms with van der Waals surface area (Å²) in [5.74, 6) is 1.06. The van der Waals surface area contributed by atoms with Gasteiger partial charge in [-0.2, -0.15) is 0 Å². The van der Waals surface area contributed by atoms with Crippen LogP contribution in [0, 0.1) is 0 Å². The van der Waals surface area contributed by atoms with Crippen molar-refractivity contribution in [3.05, 3.63) is 0 Å². The molecule has 1 heterocycles. The van der Waals surface area contributed by atoms with Crippen molar-refractivity contribution in [3.63, 3.8) is 0 Å². The smallest absolute Gasteiger partial charge is 0.209 e. The minimum Gasteiger partial charge on any atom is -0.315 e. The van der Waals surface area contributed by atoms with Crippen molar-refractivity contribution in [1.29, 1.82) is 0 Å². The standard InChI is InChI=1S/C10H22N6S/c1-4-11-6-8-16-10(12-13-14-16)17-9-5-7-15(2)3/h11H,4-9H2,1-3H3. The van der Waals surface area contributed by atoms with Crippen molar-refractivity contribution in [2.45, 2.75) is 25.0 Å². The summed E-state index contributed by atoms with van der Waals surface area (Å²) >= 11 is 1.73. The lowest BCUT2D eigenvalue weighted by atomic mass is 10.5. The van der Waals surface area contributed by atoms with Gasteiger partial charge >= 0.3 is 0 Å². The number of hydrogen-bond donors (Lipinski definition) is 1. The quantitative estimate of drug-likeness (QED) is 0.509. The van der Waals surface area contributed by atoms with Crippen molar-refractivity contribution < 1.29 is 0 Å². The van der Waals surface area contributed by atoms with E-state index in [-0.39, 0.29) is 0 Å². The number of nitrogens with zero attached hydrogens (tertiary/aromatic N) is 5. The van der Waals surface area contributed by atoms with Crippen molar-refractivity contribution in [2.24, 2.45) is 0 Å². The predicted molar refractivity (Wildman–Crippen MR) is 70.3 cm³/mol. The molecule has 1 aromatic rings. The minimum atomic E-state index is 0.830. The highest BCUT2D eigenvalue weighted by Gasteiger charge is 2.05. The van der Waals surface area contributed by atoms with E-state index in [0.29, 0.717) is 0 Å². The predicted octanol–water partition coefficient (Wildman–Crippen LogP) is 0.326. The SMILES string of the molecule is CCNCCn1nnnc1SCCCN(C)C. The first kappa shape index (κ1) is 14.4. The summed E-state index contributed by atoms with van der Waals surface area (Å²) in [6.45, 7) is 5.92. The van der Waals surface area contributed by atoms with Crippen LogP contribution in [0.15, 0.2) is 5.16 Å². The van der Waals surface area contributed by atoms with Crippen LogP contribution in [0.3, 0.4) is 0 Å². The second-order valence-corrected chi connectivity index (χ2v) is 5.11. The Kier molecular flexibility index (Phi) is 7.14. The summed E-state index contributed by atoms with van der Waals surface area (Å²) in [5.41, 5.74) is 0. The Bertz CT molecular complexity index is 301. The van der Waals surface area contributed by atoms with Gasteiger partial charge in [-0.3, -0.25) is 0 Å². The maximum atomic E-state index is 4.04. The van der Waals surface area contributed by atoms with E-state index in [1.54, 1.807) is 11.8 Å². The van der Waals surface area contributed by atoms with E-state index in [2.05, 4.69) is 46.8 Å². The summed E-state index contributed by atoms with van der Waals surface area (Å²) in [6.07, 6.45) is 1.15. The highest BCUT2D eigenvalue weighted by atomic mass is 32.2. The van der Waals surface area contributed by atoms with E-state index >= 15 is 0 Å². The van der Waals surface area contributed by atoms with E-state index in [0.717, 1.165) is 43.5 Å². The summed E-state index contributed by atoms with van der Waals surface area (Å²) in [7, 11) is 4.18. The Morgan fingerprint density at radius 1 is 1.41 bits per heavy atom. The Morgan fingerprint density at radius 3 is 2.94 bits per heavy atom. The number of likely N-dealkylation sites (N-methyl/N-ethyl adjacent to an activating group) is 1.